The third-order valence-electron chi connectivity index (χ3n) is 2.75. The molecule has 0 amide bonds. The van der Waals surface area contributed by atoms with E-state index < -0.39 is 11.9 Å². The lowest BCUT2D eigenvalue weighted by Gasteiger charge is -2.16. The van der Waals surface area contributed by atoms with Gasteiger partial charge in [-0.3, -0.25) is 4.79 Å². The van der Waals surface area contributed by atoms with Gasteiger partial charge < -0.3 is 5.11 Å². The van der Waals surface area contributed by atoms with Gasteiger partial charge in [0.2, 0.25) is 0 Å². The highest BCUT2D eigenvalue weighted by Gasteiger charge is 2.27. The molecular formula is C14H22N2O2. The molecule has 1 heterocycles. The topological polar surface area (TPSA) is 63.1 Å². The van der Waals surface area contributed by atoms with E-state index in [1.54, 1.807) is 0 Å². The summed E-state index contributed by atoms with van der Waals surface area (Å²) in [5, 5.41) is 9.28. The van der Waals surface area contributed by atoms with Crippen LogP contribution in [-0.4, -0.2) is 21.0 Å². The van der Waals surface area contributed by atoms with E-state index >= 15 is 0 Å². The van der Waals surface area contributed by atoms with Crippen LogP contribution >= 0.6 is 0 Å². The second-order valence-electron chi connectivity index (χ2n) is 5.52. The molecule has 0 aliphatic heterocycles. The minimum Gasteiger partial charge on any atom is -0.481 e. The number of carboxylic acid groups (broad SMARTS) is 1. The fraction of sp³-hybridized carbons (Fsp3) is 0.643. The van der Waals surface area contributed by atoms with Crippen LogP contribution in [0, 0.1) is 18.8 Å². The highest BCUT2D eigenvalue weighted by atomic mass is 16.4. The van der Waals surface area contributed by atoms with Crippen LogP contribution in [0.15, 0.2) is 6.07 Å². The van der Waals surface area contributed by atoms with Crippen molar-refractivity contribution in [3.63, 3.8) is 0 Å². The molecule has 1 atom stereocenters. The normalized spacial score (nSPS) is 13.1. The number of hydrogen-bond donors (Lipinski definition) is 1. The van der Waals surface area contributed by atoms with Crippen molar-refractivity contribution in [2.45, 2.75) is 47.0 Å². The van der Waals surface area contributed by atoms with Crippen molar-refractivity contribution in [3.05, 3.63) is 23.3 Å². The molecule has 4 heteroatoms. The SMILES string of the molecule is Cc1cc(CC(C)C)nc(C(C(=O)O)C(C)C)n1. The Bertz CT molecular complexity index is 428. The lowest BCUT2D eigenvalue weighted by molar-refractivity contribution is -0.140. The highest BCUT2D eigenvalue weighted by molar-refractivity contribution is 5.75. The molecule has 1 N–H and O–H groups in total. The van der Waals surface area contributed by atoms with Crippen molar-refractivity contribution in [2.24, 2.45) is 11.8 Å². The standard InChI is InChI=1S/C14H22N2O2/c1-8(2)6-11-7-10(5)15-13(16-11)12(9(3)4)14(17)18/h7-9,12H,6H2,1-5H3,(H,17,18). The Morgan fingerprint density at radius 2 is 1.89 bits per heavy atom. The molecule has 0 fully saturated rings. The van der Waals surface area contributed by atoms with E-state index in [0.29, 0.717) is 11.7 Å². The smallest absolute Gasteiger partial charge is 0.314 e. The van der Waals surface area contributed by atoms with Gasteiger partial charge in [-0.05, 0) is 31.2 Å². The largest absolute Gasteiger partial charge is 0.481 e. The lowest BCUT2D eigenvalue weighted by Crippen LogP contribution is -2.21. The monoisotopic (exact) mass is 250 g/mol. The fourth-order valence-corrected chi connectivity index (χ4v) is 2.01. The Balaban J connectivity index is 3.14. The van der Waals surface area contributed by atoms with Gasteiger partial charge in [0.25, 0.3) is 0 Å². The second-order valence-corrected chi connectivity index (χ2v) is 5.52. The molecule has 0 aromatic carbocycles. The van der Waals surface area contributed by atoms with E-state index in [4.69, 9.17) is 0 Å². The van der Waals surface area contributed by atoms with Crippen molar-refractivity contribution in [1.82, 2.24) is 9.97 Å². The fourth-order valence-electron chi connectivity index (χ4n) is 2.01. The zero-order valence-corrected chi connectivity index (χ0v) is 11.8. The molecule has 1 rings (SSSR count). The molecule has 1 aromatic heterocycles. The molecule has 1 unspecified atom stereocenters. The van der Waals surface area contributed by atoms with Gasteiger partial charge in [0.15, 0.2) is 0 Å². The Labute approximate surface area is 108 Å². The average Bonchev–Trinajstić information content (AvgIpc) is 2.13. The number of aryl methyl sites for hydroxylation is 1. The molecule has 0 saturated carbocycles. The Kier molecular flexibility index (Phi) is 4.82. The molecule has 0 aliphatic carbocycles. The van der Waals surface area contributed by atoms with E-state index in [1.807, 2.05) is 26.8 Å². The third-order valence-corrected chi connectivity index (χ3v) is 2.75. The van der Waals surface area contributed by atoms with Gasteiger partial charge in [0, 0.05) is 11.4 Å². The van der Waals surface area contributed by atoms with Crippen LogP contribution in [0.4, 0.5) is 0 Å². The Morgan fingerprint density at radius 1 is 1.28 bits per heavy atom. The van der Waals surface area contributed by atoms with Crippen LogP contribution in [0.5, 0.6) is 0 Å². The molecule has 0 radical (unpaired) electrons. The number of nitrogens with zero attached hydrogens (tertiary/aromatic N) is 2. The molecule has 4 nitrogen and oxygen atoms in total. The molecular weight excluding hydrogens is 228 g/mol. The number of carbonyl (C=O) groups is 1. The van der Waals surface area contributed by atoms with Gasteiger partial charge in [-0.2, -0.15) is 0 Å². The van der Waals surface area contributed by atoms with E-state index in [-0.39, 0.29) is 5.92 Å². The van der Waals surface area contributed by atoms with Crippen LogP contribution in [0.2, 0.25) is 0 Å². The average molecular weight is 250 g/mol. The summed E-state index contributed by atoms with van der Waals surface area (Å²) in [5.74, 6) is -0.569. The summed E-state index contributed by atoms with van der Waals surface area (Å²) in [5.41, 5.74) is 1.77. The van der Waals surface area contributed by atoms with Crippen LogP contribution < -0.4 is 0 Å². The second kappa shape index (κ2) is 5.94. The summed E-state index contributed by atoms with van der Waals surface area (Å²) in [6.07, 6.45) is 0.848. The minimum absolute atomic E-state index is 0.0174. The summed E-state index contributed by atoms with van der Waals surface area (Å²) in [6, 6.07) is 1.93. The molecule has 0 bridgehead atoms. The summed E-state index contributed by atoms with van der Waals surface area (Å²) in [7, 11) is 0. The van der Waals surface area contributed by atoms with Crippen LogP contribution in [0.3, 0.4) is 0 Å². The van der Waals surface area contributed by atoms with Crippen molar-refractivity contribution in [2.75, 3.05) is 0 Å². The first-order valence-electron chi connectivity index (χ1n) is 6.38. The molecule has 0 aliphatic rings. The van der Waals surface area contributed by atoms with Gasteiger partial charge >= 0.3 is 5.97 Å². The first kappa shape index (κ1) is 14.6. The number of rotatable bonds is 5. The minimum atomic E-state index is -0.855. The van der Waals surface area contributed by atoms with Gasteiger partial charge in [-0.25, -0.2) is 9.97 Å². The van der Waals surface area contributed by atoms with Crippen LogP contribution in [0.25, 0.3) is 0 Å². The molecule has 1 aromatic rings. The van der Waals surface area contributed by atoms with Crippen LogP contribution in [-0.2, 0) is 11.2 Å². The quantitative estimate of drug-likeness (QED) is 0.872. The zero-order valence-electron chi connectivity index (χ0n) is 11.8. The summed E-state index contributed by atoms with van der Waals surface area (Å²) in [6.45, 7) is 9.88. The zero-order chi connectivity index (χ0) is 13.9. The summed E-state index contributed by atoms with van der Waals surface area (Å²) < 4.78 is 0. The van der Waals surface area contributed by atoms with Gasteiger partial charge in [0.1, 0.15) is 11.7 Å². The molecule has 18 heavy (non-hydrogen) atoms. The molecule has 0 spiro atoms. The first-order valence-corrected chi connectivity index (χ1v) is 6.38. The van der Waals surface area contributed by atoms with E-state index in [0.717, 1.165) is 17.8 Å². The number of carboxylic acids is 1. The first-order chi connectivity index (χ1) is 8.31. The molecule has 100 valence electrons. The maximum Gasteiger partial charge on any atom is 0.314 e. The predicted octanol–water partition coefficient (Wildman–Crippen LogP) is 2.81. The van der Waals surface area contributed by atoms with E-state index in [9.17, 15) is 9.90 Å². The van der Waals surface area contributed by atoms with Crippen LogP contribution in [0.1, 0.15) is 50.8 Å². The Hall–Kier alpha value is -1.45. The van der Waals surface area contributed by atoms with Crippen molar-refractivity contribution in [1.29, 1.82) is 0 Å². The highest BCUT2D eigenvalue weighted by Crippen LogP contribution is 2.22. The predicted molar refractivity (Wildman–Crippen MR) is 70.5 cm³/mol. The number of aliphatic carboxylic acids is 1. The lowest BCUT2D eigenvalue weighted by atomic mass is 9.94. The maximum absolute atomic E-state index is 11.3. The summed E-state index contributed by atoms with van der Waals surface area (Å²) >= 11 is 0. The summed E-state index contributed by atoms with van der Waals surface area (Å²) in [4.78, 5) is 20.0. The van der Waals surface area contributed by atoms with Gasteiger partial charge in [-0.1, -0.05) is 27.7 Å². The van der Waals surface area contributed by atoms with Crippen molar-refractivity contribution >= 4 is 5.97 Å². The van der Waals surface area contributed by atoms with E-state index in [1.165, 1.54) is 0 Å². The molecule has 0 saturated heterocycles. The van der Waals surface area contributed by atoms with Crippen molar-refractivity contribution < 1.29 is 9.90 Å². The van der Waals surface area contributed by atoms with Gasteiger partial charge in [0.05, 0.1) is 0 Å². The van der Waals surface area contributed by atoms with Gasteiger partial charge in [-0.15, -0.1) is 0 Å². The number of aromatic nitrogens is 2. The number of hydrogen-bond acceptors (Lipinski definition) is 3. The van der Waals surface area contributed by atoms with E-state index in [2.05, 4.69) is 23.8 Å². The van der Waals surface area contributed by atoms with Crippen molar-refractivity contribution in [3.8, 4) is 0 Å². The Morgan fingerprint density at radius 3 is 2.33 bits per heavy atom. The maximum atomic E-state index is 11.3. The third kappa shape index (κ3) is 3.79.